The van der Waals surface area contributed by atoms with Gasteiger partial charge in [0.15, 0.2) is 5.92 Å². The number of hydrazone groups is 1. The third kappa shape index (κ3) is 3.70. The molecule has 0 aliphatic carbocycles. The Kier molecular flexibility index (Phi) is 5.27. The Bertz CT molecular complexity index is 705. The third-order valence-corrected chi connectivity index (χ3v) is 3.04. The van der Waals surface area contributed by atoms with Crippen molar-refractivity contribution in [2.45, 2.75) is 5.92 Å². The molecule has 22 heavy (non-hydrogen) atoms. The predicted octanol–water partition coefficient (Wildman–Crippen LogP) is 2.45. The van der Waals surface area contributed by atoms with Gasteiger partial charge in [-0.1, -0.05) is 42.5 Å². The fourth-order valence-corrected chi connectivity index (χ4v) is 1.93. The topological polar surface area (TPSA) is 74.5 Å². The average Bonchev–Trinajstić information content (AvgIpc) is 2.57. The standard InChI is InChI=1S/C17H15N3O2/c1-22-16-10-6-5-9-14(16)12-19-20-17(21)15(11-18)13-7-3-2-4-8-13/h2-10,12,15H,1H3,(H,20,21)/b19-12-/t15-/m1/s1. The summed E-state index contributed by atoms with van der Waals surface area (Å²) in [6, 6.07) is 18.1. The van der Waals surface area contributed by atoms with Gasteiger partial charge < -0.3 is 4.74 Å². The summed E-state index contributed by atoms with van der Waals surface area (Å²) in [4.78, 5) is 12.0. The second kappa shape index (κ2) is 7.60. The van der Waals surface area contributed by atoms with Gasteiger partial charge in [0.1, 0.15) is 5.75 Å². The molecule has 0 aromatic heterocycles. The number of methoxy groups -OCH3 is 1. The summed E-state index contributed by atoms with van der Waals surface area (Å²) in [6.07, 6.45) is 1.48. The number of amides is 1. The number of nitriles is 1. The molecule has 0 aliphatic heterocycles. The smallest absolute Gasteiger partial charge is 0.261 e. The Morgan fingerprint density at radius 2 is 1.91 bits per heavy atom. The van der Waals surface area contributed by atoms with Crippen molar-refractivity contribution < 1.29 is 9.53 Å². The predicted molar refractivity (Wildman–Crippen MR) is 83.5 cm³/mol. The van der Waals surface area contributed by atoms with Gasteiger partial charge in [-0.05, 0) is 17.7 Å². The van der Waals surface area contributed by atoms with Crippen LogP contribution in [0.15, 0.2) is 59.7 Å². The zero-order chi connectivity index (χ0) is 15.8. The van der Waals surface area contributed by atoms with Crippen LogP contribution < -0.4 is 10.2 Å². The van der Waals surface area contributed by atoms with Crippen LogP contribution in [0.5, 0.6) is 5.75 Å². The van der Waals surface area contributed by atoms with E-state index in [1.807, 2.05) is 30.3 Å². The van der Waals surface area contributed by atoms with Crippen LogP contribution in [0.3, 0.4) is 0 Å². The highest BCUT2D eigenvalue weighted by molar-refractivity contribution is 5.88. The third-order valence-electron chi connectivity index (χ3n) is 3.04. The molecule has 1 amide bonds. The minimum atomic E-state index is -0.893. The number of carbonyl (C=O) groups excluding carboxylic acids is 1. The van der Waals surface area contributed by atoms with Crippen LogP contribution >= 0.6 is 0 Å². The monoisotopic (exact) mass is 293 g/mol. The number of nitrogens with zero attached hydrogens (tertiary/aromatic N) is 2. The normalized spacial score (nSPS) is 11.6. The molecule has 5 heteroatoms. The van der Waals surface area contributed by atoms with E-state index in [1.165, 1.54) is 6.21 Å². The lowest BCUT2D eigenvalue weighted by Crippen LogP contribution is -2.24. The van der Waals surface area contributed by atoms with E-state index in [-0.39, 0.29) is 0 Å². The Morgan fingerprint density at radius 1 is 1.23 bits per heavy atom. The largest absolute Gasteiger partial charge is 0.496 e. The molecule has 0 unspecified atom stereocenters. The van der Waals surface area contributed by atoms with Gasteiger partial charge in [-0.15, -0.1) is 0 Å². The molecule has 5 nitrogen and oxygen atoms in total. The minimum Gasteiger partial charge on any atom is -0.496 e. The van der Waals surface area contributed by atoms with Crippen LogP contribution in [0.4, 0.5) is 0 Å². The van der Waals surface area contributed by atoms with Crippen LogP contribution in [0.1, 0.15) is 17.0 Å². The first-order valence-electron chi connectivity index (χ1n) is 6.66. The number of benzene rings is 2. The maximum atomic E-state index is 12.0. The quantitative estimate of drug-likeness (QED) is 0.679. The van der Waals surface area contributed by atoms with E-state index in [0.29, 0.717) is 11.3 Å². The molecule has 2 aromatic carbocycles. The van der Waals surface area contributed by atoms with Crippen LogP contribution in [0.2, 0.25) is 0 Å². The Balaban J connectivity index is 2.06. The Labute approximate surface area is 128 Å². The highest BCUT2D eigenvalue weighted by atomic mass is 16.5. The lowest BCUT2D eigenvalue weighted by molar-refractivity contribution is -0.121. The molecule has 1 N–H and O–H groups in total. The summed E-state index contributed by atoms with van der Waals surface area (Å²) in [5.41, 5.74) is 3.75. The van der Waals surface area contributed by atoms with E-state index in [4.69, 9.17) is 10.00 Å². The summed E-state index contributed by atoms with van der Waals surface area (Å²) in [5, 5.41) is 13.1. The van der Waals surface area contributed by atoms with E-state index in [2.05, 4.69) is 10.5 Å². The average molecular weight is 293 g/mol. The molecule has 110 valence electrons. The van der Waals surface area contributed by atoms with Gasteiger partial charge in [0.2, 0.25) is 0 Å². The molecule has 0 radical (unpaired) electrons. The second-order valence-corrected chi connectivity index (χ2v) is 4.45. The first-order valence-corrected chi connectivity index (χ1v) is 6.66. The van der Waals surface area contributed by atoms with E-state index < -0.39 is 11.8 Å². The zero-order valence-corrected chi connectivity index (χ0v) is 12.1. The first kappa shape index (κ1) is 15.3. The summed E-state index contributed by atoms with van der Waals surface area (Å²) in [6.45, 7) is 0. The molecule has 2 rings (SSSR count). The molecule has 2 aromatic rings. The molecule has 0 heterocycles. The van der Waals surface area contributed by atoms with Crippen LogP contribution in [0.25, 0.3) is 0 Å². The summed E-state index contributed by atoms with van der Waals surface area (Å²) >= 11 is 0. The lowest BCUT2D eigenvalue weighted by Gasteiger charge is -2.07. The number of rotatable bonds is 5. The molecule has 0 aliphatic rings. The van der Waals surface area contributed by atoms with Crippen LogP contribution in [-0.4, -0.2) is 19.2 Å². The molecule has 0 fully saturated rings. The first-order chi connectivity index (χ1) is 10.8. The zero-order valence-electron chi connectivity index (χ0n) is 12.1. The van der Waals surface area contributed by atoms with Crippen molar-refractivity contribution in [2.24, 2.45) is 5.10 Å². The number of ether oxygens (including phenoxy) is 1. The minimum absolute atomic E-state index is 0.472. The van der Waals surface area contributed by atoms with Crippen molar-refractivity contribution in [1.82, 2.24) is 5.43 Å². The van der Waals surface area contributed by atoms with E-state index in [0.717, 1.165) is 5.56 Å². The van der Waals surface area contributed by atoms with Crippen molar-refractivity contribution in [3.63, 3.8) is 0 Å². The van der Waals surface area contributed by atoms with Gasteiger partial charge in [0, 0.05) is 5.56 Å². The molecule has 0 bridgehead atoms. The van der Waals surface area contributed by atoms with Gasteiger partial charge >= 0.3 is 0 Å². The van der Waals surface area contributed by atoms with E-state index >= 15 is 0 Å². The molecule has 0 spiro atoms. The summed E-state index contributed by atoms with van der Waals surface area (Å²) in [7, 11) is 1.56. The van der Waals surface area contributed by atoms with E-state index in [1.54, 1.807) is 37.4 Å². The maximum absolute atomic E-state index is 12.0. The van der Waals surface area contributed by atoms with E-state index in [9.17, 15) is 4.79 Å². The maximum Gasteiger partial charge on any atom is 0.261 e. The SMILES string of the molecule is COc1ccccc1/C=N\NC(=O)[C@H](C#N)c1ccccc1. The van der Waals surface area contributed by atoms with Crippen molar-refractivity contribution in [3.8, 4) is 11.8 Å². The molecular formula is C17H15N3O2. The molecular weight excluding hydrogens is 278 g/mol. The molecule has 0 saturated carbocycles. The van der Waals surface area contributed by atoms with Gasteiger partial charge in [-0.25, -0.2) is 5.43 Å². The van der Waals surface area contributed by atoms with Crippen LogP contribution in [-0.2, 0) is 4.79 Å². The van der Waals surface area contributed by atoms with Gasteiger partial charge in [0.05, 0.1) is 19.4 Å². The fourth-order valence-electron chi connectivity index (χ4n) is 1.93. The highest BCUT2D eigenvalue weighted by Gasteiger charge is 2.19. The molecule has 0 saturated heterocycles. The number of hydrogen-bond acceptors (Lipinski definition) is 4. The lowest BCUT2D eigenvalue weighted by atomic mass is 10.0. The van der Waals surface area contributed by atoms with Gasteiger partial charge in [-0.2, -0.15) is 10.4 Å². The van der Waals surface area contributed by atoms with Crippen molar-refractivity contribution in [3.05, 3.63) is 65.7 Å². The summed E-state index contributed by atoms with van der Waals surface area (Å²) in [5.74, 6) is -0.712. The number of carbonyl (C=O) groups is 1. The summed E-state index contributed by atoms with van der Waals surface area (Å²) < 4.78 is 5.18. The number of para-hydroxylation sites is 1. The fraction of sp³-hybridized carbons (Fsp3) is 0.118. The highest BCUT2D eigenvalue weighted by Crippen LogP contribution is 2.16. The Hall–Kier alpha value is -3.13. The second-order valence-electron chi connectivity index (χ2n) is 4.45. The number of hydrogen-bond donors (Lipinski definition) is 1. The molecule has 1 atom stereocenters. The van der Waals surface area contributed by atoms with Gasteiger partial charge in [-0.3, -0.25) is 4.79 Å². The van der Waals surface area contributed by atoms with Crippen LogP contribution in [0, 0.1) is 11.3 Å². The Morgan fingerprint density at radius 3 is 2.59 bits per heavy atom. The van der Waals surface area contributed by atoms with Crippen molar-refractivity contribution in [2.75, 3.05) is 7.11 Å². The van der Waals surface area contributed by atoms with Crippen molar-refractivity contribution >= 4 is 12.1 Å². The van der Waals surface area contributed by atoms with Crippen molar-refractivity contribution in [1.29, 1.82) is 5.26 Å². The van der Waals surface area contributed by atoms with Gasteiger partial charge in [0.25, 0.3) is 5.91 Å². The number of nitrogens with one attached hydrogen (secondary N) is 1.